The van der Waals surface area contributed by atoms with Gasteiger partial charge in [-0.3, -0.25) is 4.79 Å². The van der Waals surface area contributed by atoms with Gasteiger partial charge in [0.25, 0.3) is 5.91 Å². The number of ether oxygens (including phenoxy) is 1. The first-order chi connectivity index (χ1) is 14.6. The first-order valence-electron chi connectivity index (χ1n) is 10.5. The highest BCUT2D eigenvalue weighted by Crippen LogP contribution is 2.34. The van der Waals surface area contributed by atoms with Crippen LogP contribution in [0.2, 0.25) is 0 Å². The minimum absolute atomic E-state index is 0.0610. The Balaban J connectivity index is 1.41. The largest absolute Gasteiger partial charge is 0.490 e. The minimum atomic E-state index is 0.0610. The second-order valence-electron chi connectivity index (χ2n) is 8.20. The Morgan fingerprint density at radius 2 is 2.13 bits per heavy atom. The molecule has 5 rings (SSSR count). The fraction of sp³-hybridized carbons (Fsp3) is 0.333. The number of aromatic amines is 1. The van der Waals surface area contributed by atoms with Crippen LogP contribution in [-0.4, -0.2) is 40.0 Å². The number of nitrogens with one attached hydrogen (secondary N) is 1. The maximum atomic E-state index is 13.4. The quantitative estimate of drug-likeness (QED) is 0.469. The van der Waals surface area contributed by atoms with Crippen LogP contribution in [0.5, 0.6) is 5.75 Å². The van der Waals surface area contributed by atoms with Crippen LogP contribution in [0.3, 0.4) is 0 Å². The lowest BCUT2D eigenvalue weighted by Crippen LogP contribution is -2.39. The average molecular weight is 420 g/mol. The maximum Gasteiger partial charge on any atom is 0.254 e. The van der Waals surface area contributed by atoms with Crippen molar-refractivity contribution in [3.8, 4) is 5.75 Å². The molecule has 1 amide bonds. The number of benzene rings is 2. The molecule has 1 saturated heterocycles. The topological polar surface area (TPSA) is 58.2 Å². The van der Waals surface area contributed by atoms with Gasteiger partial charge >= 0.3 is 0 Å². The van der Waals surface area contributed by atoms with E-state index in [0.717, 1.165) is 52.1 Å². The van der Waals surface area contributed by atoms with Crippen LogP contribution in [0.25, 0.3) is 21.1 Å². The van der Waals surface area contributed by atoms with Crippen molar-refractivity contribution in [3.05, 3.63) is 59.2 Å². The van der Waals surface area contributed by atoms with Gasteiger partial charge in [0.05, 0.1) is 17.1 Å². The molecule has 5 nitrogen and oxygen atoms in total. The summed E-state index contributed by atoms with van der Waals surface area (Å²) >= 11 is 1.64. The number of piperidine rings is 1. The second-order valence-corrected chi connectivity index (χ2v) is 9.15. The fourth-order valence-electron chi connectivity index (χ4n) is 4.25. The van der Waals surface area contributed by atoms with E-state index in [0.29, 0.717) is 12.1 Å². The first-order valence-corrected chi connectivity index (χ1v) is 11.4. The molecule has 0 saturated carbocycles. The number of likely N-dealkylation sites (tertiary alicyclic amines) is 1. The van der Waals surface area contributed by atoms with Gasteiger partial charge in [-0.15, -0.1) is 11.3 Å². The van der Waals surface area contributed by atoms with Crippen LogP contribution in [0.15, 0.2) is 47.8 Å². The molecule has 1 N–H and O–H groups in total. The second kappa shape index (κ2) is 7.76. The monoisotopic (exact) mass is 419 g/mol. The summed E-state index contributed by atoms with van der Waals surface area (Å²) in [5, 5.41) is 3.12. The standard InChI is InChI=1S/C24H25N3O2S/c1-15(2)29-21-12-17(13-22-18(21)9-11-30-22)24(28)27-10-5-6-16(14-27)23-25-19-7-3-4-8-20(19)26-23/h3-4,7-9,11-13,15-16H,5-6,10,14H2,1-2H3,(H,25,26). The number of fused-ring (bicyclic) bond motifs is 2. The molecule has 1 aliphatic heterocycles. The molecule has 4 aromatic rings. The molecule has 0 spiro atoms. The molecular weight excluding hydrogens is 394 g/mol. The highest BCUT2D eigenvalue weighted by molar-refractivity contribution is 7.17. The summed E-state index contributed by atoms with van der Waals surface area (Å²) < 4.78 is 7.09. The third kappa shape index (κ3) is 3.56. The molecular formula is C24H25N3O2S. The van der Waals surface area contributed by atoms with Crippen molar-refractivity contribution in [2.45, 2.75) is 38.7 Å². The van der Waals surface area contributed by atoms with Crippen LogP contribution in [0.1, 0.15) is 48.8 Å². The predicted molar refractivity (Wildman–Crippen MR) is 122 cm³/mol. The Morgan fingerprint density at radius 1 is 1.27 bits per heavy atom. The van der Waals surface area contributed by atoms with E-state index in [1.54, 1.807) is 11.3 Å². The number of amides is 1. The third-order valence-corrected chi connectivity index (χ3v) is 6.51. The number of nitrogens with zero attached hydrogens (tertiary/aromatic N) is 2. The smallest absolute Gasteiger partial charge is 0.254 e. The lowest BCUT2D eigenvalue weighted by atomic mass is 9.96. The van der Waals surface area contributed by atoms with Crippen molar-refractivity contribution in [1.82, 2.24) is 14.9 Å². The first kappa shape index (κ1) is 19.1. The molecule has 6 heteroatoms. The number of aromatic nitrogens is 2. The average Bonchev–Trinajstić information content (AvgIpc) is 3.40. The van der Waals surface area contributed by atoms with E-state index in [1.165, 1.54) is 0 Å². The number of hydrogen-bond acceptors (Lipinski definition) is 4. The SMILES string of the molecule is CC(C)Oc1cc(C(=O)N2CCCC(c3nc4ccccc4[nH]3)C2)cc2sccc12. The Kier molecular flexibility index (Phi) is 4.95. The third-order valence-electron chi connectivity index (χ3n) is 5.65. The lowest BCUT2D eigenvalue weighted by molar-refractivity contribution is 0.0704. The lowest BCUT2D eigenvalue weighted by Gasteiger charge is -2.32. The number of thiophene rings is 1. The van der Waals surface area contributed by atoms with Gasteiger partial charge in [0.15, 0.2) is 0 Å². The normalized spacial score (nSPS) is 17.2. The number of imidazole rings is 1. The van der Waals surface area contributed by atoms with Gasteiger partial charge in [0, 0.05) is 34.7 Å². The summed E-state index contributed by atoms with van der Waals surface area (Å²) in [6, 6.07) is 14.0. The highest BCUT2D eigenvalue weighted by atomic mass is 32.1. The number of hydrogen-bond donors (Lipinski definition) is 1. The molecule has 2 aromatic heterocycles. The summed E-state index contributed by atoms with van der Waals surface area (Å²) in [5.74, 6) is 2.07. The molecule has 1 fully saturated rings. The summed E-state index contributed by atoms with van der Waals surface area (Å²) in [4.78, 5) is 23.6. The summed E-state index contributed by atoms with van der Waals surface area (Å²) in [5.41, 5.74) is 2.73. The molecule has 154 valence electrons. The number of para-hydroxylation sites is 2. The van der Waals surface area contributed by atoms with Crippen LogP contribution in [-0.2, 0) is 0 Å². The van der Waals surface area contributed by atoms with Gasteiger partial charge in [0.1, 0.15) is 11.6 Å². The van der Waals surface area contributed by atoms with Crippen molar-refractivity contribution >= 4 is 38.4 Å². The van der Waals surface area contributed by atoms with Gasteiger partial charge in [-0.1, -0.05) is 12.1 Å². The van der Waals surface area contributed by atoms with Crippen molar-refractivity contribution in [2.24, 2.45) is 0 Å². The number of carbonyl (C=O) groups is 1. The Bertz CT molecular complexity index is 1180. The Hall–Kier alpha value is -2.86. The van der Waals surface area contributed by atoms with E-state index in [1.807, 2.05) is 60.5 Å². The highest BCUT2D eigenvalue weighted by Gasteiger charge is 2.28. The van der Waals surface area contributed by atoms with Crippen LogP contribution in [0, 0.1) is 0 Å². The molecule has 1 unspecified atom stereocenters. The van der Waals surface area contributed by atoms with E-state index in [9.17, 15) is 4.79 Å². The number of carbonyl (C=O) groups excluding carboxylic acids is 1. The molecule has 0 bridgehead atoms. The van der Waals surface area contributed by atoms with Crippen LogP contribution in [0.4, 0.5) is 0 Å². The summed E-state index contributed by atoms with van der Waals surface area (Å²) in [6.07, 6.45) is 2.07. The molecule has 0 radical (unpaired) electrons. The molecule has 30 heavy (non-hydrogen) atoms. The van der Waals surface area contributed by atoms with E-state index >= 15 is 0 Å². The number of rotatable bonds is 4. The minimum Gasteiger partial charge on any atom is -0.490 e. The Morgan fingerprint density at radius 3 is 2.97 bits per heavy atom. The zero-order valence-electron chi connectivity index (χ0n) is 17.2. The van der Waals surface area contributed by atoms with Crippen molar-refractivity contribution in [3.63, 3.8) is 0 Å². The molecule has 2 aromatic carbocycles. The zero-order chi connectivity index (χ0) is 20.7. The van der Waals surface area contributed by atoms with E-state index in [2.05, 4.69) is 11.1 Å². The predicted octanol–water partition coefficient (Wildman–Crippen LogP) is 5.58. The van der Waals surface area contributed by atoms with Crippen molar-refractivity contribution in [2.75, 3.05) is 13.1 Å². The number of H-pyrrole nitrogens is 1. The van der Waals surface area contributed by atoms with Gasteiger partial charge in [-0.05, 0) is 62.4 Å². The van der Waals surface area contributed by atoms with E-state index in [-0.39, 0.29) is 17.9 Å². The van der Waals surface area contributed by atoms with Gasteiger partial charge < -0.3 is 14.6 Å². The van der Waals surface area contributed by atoms with Crippen LogP contribution >= 0.6 is 11.3 Å². The zero-order valence-corrected chi connectivity index (χ0v) is 18.0. The summed E-state index contributed by atoms with van der Waals surface area (Å²) in [6.45, 7) is 5.48. The molecule has 3 heterocycles. The fourth-order valence-corrected chi connectivity index (χ4v) is 5.09. The van der Waals surface area contributed by atoms with Crippen LogP contribution < -0.4 is 4.74 Å². The summed E-state index contributed by atoms with van der Waals surface area (Å²) in [7, 11) is 0. The van der Waals surface area contributed by atoms with Gasteiger partial charge in [-0.2, -0.15) is 0 Å². The Labute approximate surface area is 179 Å². The molecule has 1 atom stereocenters. The van der Waals surface area contributed by atoms with Gasteiger partial charge in [0.2, 0.25) is 0 Å². The maximum absolute atomic E-state index is 13.4. The van der Waals surface area contributed by atoms with Gasteiger partial charge in [-0.25, -0.2) is 4.98 Å². The van der Waals surface area contributed by atoms with E-state index in [4.69, 9.17) is 9.72 Å². The van der Waals surface area contributed by atoms with E-state index < -0.39 is 0 Å². The van der Waals surface area contributed by atoms with Crippen molar-refractivity contribution < 1.29 is 9.53 Å². The van der Waals surface area contributed by atoms with Crippen molar-refractivity contribution in [1.29, 1.82) is 0 Å². The molecule has 1 aliphatic rings. The molecule has 0 aliphatic carbocycles.